The van der Waals surface area contributed by atoms with Crippen LogP contribution < -0.4 is 10.1 Å². The highest BCUT2D eigenvalue weighted by Crippen LogP contribution is 2.22. The molecule has 1 atom stereocenters. The second-order valence-corrected chi connectivity index (χ2v) is 5.13. The topological polar surface area (TPSA) is 30.5 Å². The van der Waals surface area contributed by atoms with E-state index < -0.39 is 0 Å². The number of ether oxygens (including phenoxy) is 2. The molecule has 1 N–H and O–H groups in total. The molecule has 0 radical (unpaired) electrons. The summed E-state index contributed by atoms with van der Waals surface area (Å²) in [6, 6.07) is 5.81. The van der Waals surface area contributed by atoms with Gasteiger partial charge < -0.3 is 14.8 Å². The molecule has 0 saturated heterocycles. The fourth-order valence-corrected chi connectivity index (χ4v) is 1.86. The van der Waals surface area contributed by atoms with Crippen LogP contribution in [0, 0.1) is 5.82 Å². The highest BCUT2D eigenvalue weighted by atomic mass is 19.1. The molecule has 0 bridgehead atoms. The van der Waals surface area contributed by atoms with E-state index >= 15 is 0 Å². The lowest BCUT2D eigenvalue weighted by atomic mass is 10.2. The Kier molecular flexibility index (Phi) is 5.16. The highest BCUT2D eigenvalue weighted by molar-refractivity contribution is 5.29. The number of benzene rings is 1. The van der Waals surface area contributed by atoms with Crippen LogP contribution in [0.25, 0.3) is 0 Å². The summed E-state index contributed by atoms with van der Waals surface area (Å²) >= 11 is 0. The normalized spacial score (nSPS) is 16.4. The zero-order valence-electron chi connectivity index (χ0n) is 11.6. The molecule has 3 nitrogen and oxygen atoms in total. The SMILES string of the molecule is COCCC(C)Oc1ccc(CNC2CC2)cc1F. The Balaban J connectivity index is 1.86. The van der Waals surface area contributed by atoms with Crippen LogP contribution in [0.2, 0.25) is 0 Å². The molecule has 106 valence electrons. The second-order valence-electron chi connectivity index (χ2n) is 5.13. The van der Waals surface area contributed by atoms with Gasteiger partial charge in [-0.3, -0.25) is 0 Å². The molecule has 0 spiro atoms. The molecule has 1 aliphatic rings. The van der Waals surface area contributed by atoms with E-state index in [2.05, 4.69) is 5.32 Å². The first-order valence-corrected chi connectivity index (χ1v) is 6.86. The smallest absolute Gasteiger partial charge is 0.165 e. The van der Waals surface area contributed by atoms with Gasteiger partial charge in [-0.2, -0.15) is 0 Å². The van der Waals surface area contributed by atoms with Crippen LogP contribution in [-0.4, -0.2) is 25.9 Å². The van der Waals surface area contributed by atoms with E-state index in [0.717, 1.165) is 18.5 Å². The first-order valence-electron chi connectivity index (χ1n) is 6.86. The standard InChI is InChI=1S/C15H22FNO2/c1-11(7-8-18-2)19-15-6-3-12(9-14(15)16)10-17-13-4-5-13/h3,6,9,11,13,17H,4-5,7-8,10H2,1-2H3. The summed E-state index contributed by atoms with van der Waals surface area (Å²) in [7, 11) is 1.65. The molecule has 19 heavy (non-hydrogen) atoms. The minimum atomic E-state index is -0.292. The average molecular weight is 267 g/mol. The van der Waals surface area contributed by atoms with E-state index in [1.807, 2.05) is 13.0 Å². The maximum atomic E-state index is 13.9. The van der Waals surface area contributed by atoms with Crippen LogP contribution in [-0.2, 0) is 11.3 Å². The number of halogens is 1. The van der Waals surface area contributed by atoms with E-state index in [4.69, 9.17) is 9.47 Å². The van der Waals surface area contributed by atoms with Crippen molar-refractivity contribution in [2.45, 2.75) is 44.9 Å². The van der Waals surface area contributed by atoms with Crippen molar-refractivity contribution in [1.82, 2.24) is 5.32 Å². The van der Waals surface area contributed by atoms with Gasteiger partial charge in [0.25, 0.3) is 0 Å². The molecular weight excluding hydrogens is 245 g/mol. The molecule has 0 aromatic heterocycles. The zero-order chi connectivity index (χ0) is 13.7. The van der Waals surface area contributed by atoms with Crippen molar-refractivity contribution in [2.24, 2.45) is 0 Å². The predicted octanol–water partition coefficient (Wildman–Crippen LogP) is 2.88. The Morgan fingerprint density at radius 3 is 2.84 bits per heavy atom. The molecule has 1 aliphatic carbocycles. The first-order chi connectivity index (χ1) is 9.19. The van der Waals surface area contributed by atoms with Gasteiger partial charge in [-0.25, -0.2) is 4.39 Å². The molecule has 1 saturated carbocycles. The summed E-state index contributed by atoms with van der Waals surface area (Å²) in [6.07, 6.45) is 3.17. The van der Waals surface area contributed by atoms with Crippen LogP contribution >= 0.6 is 0 Å². The predicted molar refractivity (Wildman–Crippen MR) is 72.8 cm³/mol. The molecule has 1 aromatic carbocycles. The van der Waals surface area contributed by atoms with Crippen molar-refractivity contribution in [3.8, 4) is 5.75 Å². The number of hydrogen-bond acceptors (Lipinski definition) is 3. The minimum absolute atomic E-state index is 0.0510. The molecule has 1 aromatic rings. The van der Waals surface area contributed by atoms with Crippen molar-refractivity contribution >= 4 is 0 Å². The lowest BCUT2D eigenvalue weighted by Gasteiger charge is -2.15. The molecule has 2 rings (SSSR count). The number of nitrogens with one attached hydrogen (secondary N) is 1. The monoisotopic (exact) mass is 267 g/mol. The van der Waals surface area contributed by atoms with E-state index in [-0.39, 0.29) is 11.9 Å². The van der Waals surface area contributed by atoms with Crippen molar-refractivity contribution in [3.05, 3.63) is 29.6 Å². The summed E-state index contributed by atoms with van der Waals surface area (Å²) in [5, 5.41) is 3.36. The summed E-state index contributed by atoms with van der Waals surface area (Å²) in [6.45, 7) is 3.26. The van der Waals surface area contributed by atoms with Gasteiger partial charge in [0.1, 0.15) is 0 Å². The number of hydrogen-bond donors (Lipinski definition) is 1. The van der Waals surface area contributed by atoms with Crippen LogP contribution in [0.5, 0.6) is 5.75 Å². The summed E-state index contributed by atoms with van der Waals surface area (Å²) in [5.74, 6) is 0.0261. The third-order valence-corrected chi connectivity index (χ3v) is 3.23. The fraction of sp³-hybridized carbons (Fsp3) is 0.600. The number of rotatable bonds is 8. The Morgan fingerprint density at radius 1 is 1.42 bits per heavy atom. The van der Waals surface area contributed by atoms with Crippen LogP contribution in [0.15, 0.2) is 18.2 Å². The summed E-state index contributed by atoms with van der Waals surface area (Å²) in [5.41, 5.74) is 0.960. The van der Waals surface area contributed by atoms with E-state index in [9.17, 15) is 4.39 Å². The second kappa shape index (κ2) is 6.87. The largest absolute Gasteiger partial charge is 0.488 e. The van der Waals surface area contributed by atoms with Gasteiger partial charge in [-0.15, -0.1) is 0 Å². The van der Waals surface area contributed by atoms with Gasteiger partial charge in [0.2, 0.25) is 0 Å². The van der Waals surface area contributed by atoms with Crippen LogP contribution in [0.4, 0.5) is 4.39 Å². The van der Waals surface area contributed by atoms with Gasteiger partial charge in [0, 0.05) is 32.7 Å². The Hall–Kier alpha value is -1.13. The zero-order valence-corrected chi connectivity index (χ0v) is 11.6. The van der Waals surface area contributed by atoms with Gasteiger partial charge in [0.15, 0.2) is 11.6 Å². The molecular formula is C15H22FNO2. The van der Waals surface area contributed by atoms with Crippen LogP contribution in [0.3, 0.4) is 0 Å². The Morgan fingerprint density at radius 2 is 2.21 bits per heavy atom. The Labute approximate surface area is 114 Å². The van der Waals surface area contributed by atoms with Gasteiger partial charge in [-0.05, 0) is 37.5 Å². The third kappa shape index (κ3) is 4.80. The highest BCUT2D eigenvalue weighted by Gasteiger charge is 2.20. The van der Waals surface area contributed by atoms with Gasteiger partial charge >= 0.3 is 0 Å². The minimum Gasteiger partial charge on any atom is -0.488 e. The third-order valence-electron chi connectivity index (χ3n) is 3.23. The summed E-state index contributed by atoms with van der Waals surface area (Å²) < 4.78 is 24.4. The molecule has 1 fully saturated rings. The maximum Gasteiger partial charge on any atom is 0.165 e. The quantitative estimate of drug-likeness (QED) is 0.785. The average Bonchev–Trinajstić information content (AvgIpc) is 3.21. The Bertz CT molecular complexity index is 407. The van der Waals surface area contributed by atoms with Gasteiger partial charge in [-0.1, -0.05) is 6.07 Å². The van der Waals surface area contributed by atoms with E-state index in [0.29, 0.717) is 18.4 Å². The van der Waals surface area contributed by atoms with Crippen molar-refractivity contribution in [1.29, 1.82) is 0 Å². The van der Waals surface area contributed by atoms with Crippen molar-refractivity contribution in [2.75, 3.05) is 13.7 Å². The lowest BCUT2D eigenvalue weighted by molar-refractivity contribution is 0.132. The molecule has 1 unspecified atom stereocenters. The fourth-order valence-electron chi connectivity index (χ4n) is 1.86. The van der Waals surface area contributed by atoms with Crippen molar-refractivity contribution in [3.63, 3.8) is 0 Å². The molecule has 4 heteroatoms. The summed E-state index contributed by atoms with van der Waals surface area (Å²) in [4.78, 5) is 0. The molecule has 0 heterocycles. The van der Waals surface area contributed by atoms with Crippen molar-refractivity contribution < 1.29 is 13.9 Å². The molecule has 0 amide bonds. The van der Waals surface area contributed by atoms with Crippen LogP contribution in [0.1, 0.15) is 31.7 Å². The molecule has 0 aliphatic heterocycles. The van der Waals surface area contributed by atoms with E-state index in [1.165, 1.54) is 12.8 Å². The van der Waals surface area contributed by atoms with Gasteiger partial charge in [0.05, 0.1) is 6.10 Å². The maximum absolute atomic E-state index is 13.9. The first kappa shape index (κ1) is 14.3. The number of methoxy groups -OCH3 is 1. The van der Waals surface area contributed by atoms with E-state index in [1.54, 1.807) is 19.2 Å². The lowest BCUT2D eigenvalue weighted by Crippen LogP contribution is -2.16.